The van der Waals surface area contributed by atoms with Gasteiger partial charge in [-0.3, -0.25) is 0 Å². The molecule has 0 fully saturated rings. The Kier molecular flexibility index (Phi) is 7.04. The highest BCUT2D eigenvalue weighted by Gasteiger charge is 2.11. The summed E-state index contributed by atoms with van der Waals surface area (Å²) in [5, 5.41) is 3.11. The summed E-state index contributed by atoms with van der Waals surface area (Å²) in [5.41, 5.74) is 0. The standard InChI is InChI=1S/C14H27N5O/c1-6-8-9-10-19(5)13-16-12(15-7-2)17-14(18-13)20-11(3)4/h11H,6-10H2,1-5H3,(H,15,16,17,18). The van der Waals surface area contributed by atoms with E-state index in [9.17, 15) is 0 Å². The van der Waals surface area contributed by atoms with Gasteiger partial charge in [0.25, 0.3) is 0 Å². The number of anilines is 2. The third-order valence-corrected chi connectivity index (χ3v) is 2.72. The van der Waals surface area contributed by atoms with E-state index < -0.39 is 0 Å². The molecule has 0 atom stereocenters. The molecule has 0 aliphatic rings. The Morgan fingerprint density at radius 2 is 1.90 bits per heavy atom. The first kappa shape index (κ1) is 16.5. The second-order valence-electron chi connectivity index (χ2n) is 5.07. The number of nitrogens with one attached hydrogen (secondary N) is 1. The average Bonchev–Trinajstić information content (AvgIpc) is 2.38. The minimum atomic E-state index is 0.0464. The highest BCUT2D eigenvalue weighted by atomic mass is 16.5. The Morgan fingerprint density at radius 1 is 1.15 bits per heavy atom. The molecule has 1 rings (SSSR count). The summed E-state index contributed by atoms with van der Waals surface area (Å²) in [6.45, 7) is 9.83. The molecule has 0 aromatic carbocycles. The summed E-state index contributed by atoms with van der Waals surface area (Å²) in [5.74, 6) is 1.22. The van der Waals surface area contributed by atoms with E-state index in [1.165, 1.54) is 12.8 Å². The van der Waals surface area contributed by atoms with Crippen LogP contribution in [0.2, 0.25) is 0 Å². The second-order valence-corrected chi connectivity index (χ2v) is 5.07. The Bertz CT molecular complexity index is 397. The van der Waals surface area contributed by atoms with Crippen molar-refractivity contribution < 1.29 is 4.74 Å². The number of hydrogen-bond acceptors (Lipinski definition) is 6. The van der Waals surface area contributed by atoms with Crippen LogP contribution in [0.15, 0.2) is 0 Å². The van der Waals surface area contributed by atoms with Gasteiger partial charge in [-0.05, 0) is 27.2 Å². The Balaban J connectivity index is 2.83. The van der Waals surface area contributed by atoms with Gasteiger partial charge in [0, 0.05) is 20.1 Å². The van der Waals surface area contributed by atoms with Crippen molar-refractivity contribution >= 4 is 11.9 Å². The van der Waals surface area contributed by atoms with Gasteiger partial charge in [-0.25, -0.2) is 0 Å². The maximum Gasteiger partial charge on any atom is 0.323 e. The molecule has 1 N–H and O–H groups in total. The van der Waals surface area contributed by atoms with Crippen molar-refractivity contribution in [3.8, 4) is 6.01 Å². The van der Waals surface area contributed by atoms with Crippen molar-refractivity contribution in [2.45, 2.75) is 53.1 Å². The van der Waals surface area contributed by atoms with Crippen LogP contribution in [0.3, 0.4) is 0 Å². The summed E-state index contributed by atoms with van der Waals surface area (Å²) < 4.78 is 5.59. The predicted octanol–water partition coefficient (Wildman–Crippen LogP) is 2.72. The number of ether oxygens (including phenoxy) is 1. The van der Waals surface area contributed by atoms with Crippen LogP contribution in [-0.4, -0.2) is 41.2 Å². The van der Waals surface area contributed by atoms with Gasteiger partial charge in [0.15, 0.2) is 0 Å². The molecule has 0 bridgehead atoms. The Morgan fingerprint density at radius 3 is 2.50 bits per heavy atom. The lowest BCUT2D eigenvalue weighted by Crippen LogP contribution is -2.23. The van der Waals surface area contributed by atoms with Crippen LogP contribution in [0.25, 0.3) is 0 Å². The number of aromatic nitrogens is 3. The molecule has 1 aromatic rings. The molecule has 6 nitrogen and oxygen atoms in total. The van der Waals surface area contributed by atoms with Gasteiger partial charge in [-0.1, -0.05) is 19.8 Å². The fraction of sp³-hybridized carbons (Fsp3) is 0.786. The number of nitrogens with zero attached hydrogens (tertiary/aromatic N) is 4. The zero-order chi connectivity index (χ0) is 15.0. The number of rotatable bonds is 9. The Labute approximate surface area is 122 Å². The highest BCUT2D eigenvalue weighted by molar-refractivity contribution is 5.37. The van der Waals surface area contributed by atoms with Crippen molar-refractivity contribution in [2.24, 2.45) is 0 Å². The largest absolute Gasteiger partial charge is 0.461 e. The first-order chi connectivity index (χ1) is 9.56. The topological polar surface area (TPSA) is 63.2 Å². The molecular weight excluding hydrogens is 254 g/mol. The van der Waals surface area contributed by atoms with Gasteiger partial charge in [-0.15, -0.1) is 0 Å². The van der Waals surface area contributed by atoms with Gasteiger partial charge in [0.1, 0.15) is 0 Å². The summed E-state index contributed by atoms with van der Waals surface area (Å²) >= 11 is 0. The van der Waals surface area contributed by atoms with E-state index in [0.29, 0.717) is 17.9 Å². The number of hydrogen-bond donors (Lipinski definition) is 1. The second kappa shape index (κ2) is 8.55. The van der Waals surface area contributed by atoms with Crippen LogP contribution in [0.1, 0.15) is 47.0 Å². The maximum absolute atomic E-state index is 5.59. The molecule has 0 radical (unpaired) electrons. The van der Waals surface area contributed by atoms with Gasteiger partial charge in [0.2, 0.25) is 11.9 Å². The molecule has 20 heavy (non-hydrogen) atoms. The maximum atomic E-state index is 5.59. The van der Waals surface area contributed by atoms with E-state index in [-0.39, 0.29) is 6.10 Å². The predicted molar refractivity (Wildman–Crippen MR) is 82.5 cm³/mol. The van der Waals surface area contributed by atoms with E-state index in [2.05, 4.69) is 27.2 Å². The van der Waals surface area contributed by atoms with Crippen molar-refractivity contribution in [1.82, 2.24) is 15.0 Å². The molecule has 1 heterocycles. The van der Waals surface area contributed by atoms with E-state index in [0.717, 1.165) is 19.5 Å². The van der Waals surface area contributed by atoms with Crippen LogP contribution in [0.4, 0.5) is 11.9 Å². The Hall–Kier alpha value is -1.59. The van der Waals surface area contributed by atoms with Crippen LogP contribution >= 0.6 is 0 Å². The highest BCUT2D eigenvalue weighted by Crippen LogP contribution is 2.15. The van der Waals surface area contributed by atoms with Crippen molar-refractivity contribution in [1.29, 1.82) is 0 Å². The lowest BCUT2D eigenvalue weighted by molar-refractivity contribution is 0.222. The van der Waals surface area contributed by atoms with E-state index in [4.69, 9.17) is 4.74 Å². The zero-order valence-electron chi connectivity index (χ0n) is 13.3. The van der Waals surface area contributed by atoms with E-state index in [1.807, 2.05) is 32.7 Å². The minimum Gasteiger partial charge on any atom is -0.461 e. The average molecular weight is 281 g/mol. The minimum absolute atomic E-state index is 0.0464. The van der Waals surface area contributed by atoms with Crippen molar-refractivity contribution in [3.05, 3.63) is 0 Å². The first-order valence-corrected chi connectivity index (χ1v) is 7.44. The first-order valence-electron chi connectivity index (χ1n) is 7.44. The fourth-order valence-corrected chi connectivity index (χ4v) is 1.72. The third kappa shape index (κ3) is 5.59. The smallest absolute Gasteiger partial charge is 0.323 e. The SMILES string of the molecule is CCCCCN(C)c1nc(NCC)nc(OC(C)C)n1. The van der Waals surface area contributed by atoms with Gasteiger partial charge in [-0.2, -0.15) is 15.0 Å². The summed E-state index contributed by atoms with van der Waals surface area (Å²) in [7, 11) is 2.00. The van der Waals surface area contributed by atoms with E-state index in [1.54, 1.807) is 0 Å². The molecular formula is C14H27N5O. The molecule has 0 saturated heterocycles. The summed E-state index contributed by atoms with van der Waals surface area (Å²) in [6.07, 6.45) is 3.60. The lowest BCUT2D eigenvalue weighted by atomic mass is 10.2. The molecule has 0 saturated carbocycles. The van der Waals surface area contributed by atoms with Crippen LogP contribution in [0, 0.1) is 0 Å². The summed E-state index contributed by atoms with van der Waals surface area (Å²) in [4.78, 5) is 15.1. The van der Waals surface area contributed by atoms with Crippen molar-refractivity contribution in [3.63, 3.8) is 0 Å². The van der Waals surface area contributed by atoms with Gasteiger partial charge in [0.05, 0.1) is 6.10 Å². The van der Waals surface area contributed by atoms with Crippen LogP contribution in [-0.2, 0) is 0 Å². The molecule has 1 aromatic heterocycles. The molecule has 0 aliphatic carbocycles. The van der Waals surface area contributed by atoms with Crippen molar-refractivity contribution in [2.75, 3.05) is 30.4 Å². The summed E-state index contributed by atoms with van der Waals surface area (Å²) in [6, 6.07) is 0.378. The molecule has 114 valence electrons. The van der Waals surface area contributed by atoms with Gasteiger partial charge >= 0.3 is 6.01 Å². The van der Waals surface area contributed by atoms with Gasteiger partial charge < -0.3 is 15.0 Å². The normalized spacial score (nSPS) is 10.7. The zero-order valence-corrected chi connectivity index (χ0v) is 13.3. The monoisotopic (exact) mass is 281 g/mol. The van der Waals surface area contributed by atoms with E-state index >= 15 is 0 Å². The molecule has 0 unspecified atom stereocenters. The molecule has 0 amide bonds. The van der Waals surface area contributed by atoms with Crippen LogP contribution < -0.4 is 15.0 Å². The number of unbranched alkanes of at least 4 members (excludes halogenated alkanes) is 2. The molecule has 0 aliphatic heterocycles. The van der Waals surface area contributed by atoms with Crippen LogP contribution in [0.5, 0.6) is 6.01 Å². The molecule has 6 heteroatoms. The lowest BCUT2D eigenvalue weighted by Gasteiger charge is -2.18. The quantitative estimate of drug-likeness (QED) is 0.702. The third-order valence-electron chi connectivity index (χ3n) is 2.72. The molecule has 0 spiro atoms. The fourth-order valence-electron chi connectivity index (χ4n) is 1.72.